The van der Waals surface area contributed by atoms with Crippen molar-refractivity contribution in [1.82, 2.24) is 9.47 Å². The lowest BCUT2D eigenvalue weighted by molar-refractivity contribution is 0.0421. The molecule has 0 aliphatic carbocycles. The van der Waals surface area contributed by atoms with Gasteiger partial charge in [0.2, 0.25) is 0 Å². The molecule has 0 bridgehead atoms. The van der Waals surface area contributed by atoms with E-state index in [1.807, 2.05) is 54.8 Å². The zero-order chi connectivity index (χ0) is 18.0. The van der Waals surface area contributed by atoms with Crippen LogP contribution in [0.4, 0.5) is 4.79 Å². The van der Waals surface area contributed by atoms with Crippen LogP contribution in [0.15, 0.2) is 36.4 Å². The quantitative estimate of drug-likeness (QED) is 0.869. The van der Waals surface area contributed by atoms with E-state index in [1.165, 1.54) is 0 Å². The number of nitrogens with two attached hydrogens (primary N) is 1. The van der Waals surface area contributed by atoms with E-state index in [9.17, 15) is 9.59 Å². The summed E-state index contributed by atoms with van der Waals surface area (Å²) in [7, 11) is 0. The number of para-hydroxylation sites is 1. The minimum absolute atomic E-state index is 0.126. The number of hydrogen-bond acceptors (Lipinski definition) is 3. The summed E-state index contributed by atoms with van der Waals surface area (Å²) in [4.78, 5) is 25.5. The molecule has 25 heavy (non-hydrogen) atoms. The van der Waals surface area contributed by atoms with E-state index in [-0.39, 0.29) is 18.6 Å². The van der Waals surface area contributed by atoms with Gasteiger partial charge in [-0.3, -0.25) is 0 Å². The first-order valence-electron chi connectivity index (χ1n) is 8.46. The fraction of sp³-hybridized carbons (Fsp3) is 0.368. The lowest BCUT2D eigenvalue weighted by Crippen LogP contribution is -2.42. The number of aryl methyl sites for hydroxylation is 1. The number of nitrogens with zero attached hydrogens (tertiary/aromatic N) is 2. The Kier molecular flexibility index (Phi) is 4.79. The summed E-state index contributed by atoms with van der Waals surface area (Å²) in [5.41, 5.74) is 8.72. The van der Waals surface area contributed by atoms with Crippen LogP contribution in [-0.4, -0.2) is 40.7 Å². The molecule has 0 radical (unpaired) electrons. The van der Waals surface area contributed by atoms with Crippen molar-refractivity contribution < 1.29 is 14.3 Å². The zero-order valence-electron chi connectivity index (χ0n) is 14.6. The molecule has 2 N–H and O–H groups in total. The molecule has 2 amide bonds. The van der Waals surface area contributed by atoms with Crippen LogP contribution in [0.25, 0.3) is 5.69 Å². The summed E-state index contributed by atoms with van der Waals surface area (Å²) in [6, 6.07) is 11.1. The van der Waals surface area contributed by atoms with Gasteiger partial charge in [0.25, 0.3) is 0 Å². The van der Waals surface area contributed by atoms with Gasteiger partial charge in [0.15, 0.2) is 0 Å². The molecular weight excluding hydrogens is 318 g/mol. The lowest BCUT2D eigenvalue weighted by Gasteiger charge is -2.22. The van der Waals surface area contributed by atoms with Gasteiger partial charge >= 0.3 is 12.0 Å². The molecule has 1 aliphatic rings. The number of ether oxygens (including phenoxy) is 1. The first-order valence-corrected chi connectivity index (χ1v) is 8.46. The number of amides is 2. The molecule has 6 heteroatoms. The maximum absolute atomic E-state index is 12.5. The third-order valence-electron chi connectivity index (χ3n) is 4.73. The maximum atomic E-state index is 12.5. The largest absolute Gasteiger partial charge is 0.460 e. The molecule has 1 aliphatic heterocycles. The molecule has 1 atom stereocenters. The summed E-state index contributed by atoms with van der Waals surface area (Å²) in [5, 5.41) is 0. The number of rotatable bonds is 4. The van der Waals surface area contributed by atoms with Crippen molar-refractivity contribution in [2.45, 2.75) is 32.7 Å². The normalized spacial score (nSPS) is 16.9. The van der Waals surface area contributed by atoms with E-state index in [2.05, 4.69) is 0 Å². The van der Waals surface area contributed by atoms with Crippen molar-refractivity contribution in [1.29, 1.82) is 0 Å². The Bertz CT molecular complexity index is 783. The number of carbonyl (C=O) groups is 2. The van der Waals surface area contributed by atoms with Crippen LogP contribution in [0.2, 0.25) is 0 Å². The highest BCUT2D eigenvalue weighted by atomic mass is 16.5. The van der Waals surface area contributed by atoms with Crippen molar-refractivity contribution in [2.24, 2.45) is 5.73 Å². The molecule has 6 nitrogen and oxygen atoms in total. The van der Waals surface area contributed by atoms with Crippen molar-refractivity contribution >= 4 is 12.0 Å². The number of esters is 1. The summed E-state index contributed by atoms with van der Waals surface area (Å²) in [5.74, 6) is -0.369. The highest BCUT2D eigenvalue weighted by Gasteiger charge is 2.29. The third-order valence-corrected chi connectivity index (χ3v) is 4.73. The minimum atomic E-state index is -0.458. The maximum Gasteiger partial charge on any atom is 0.340 e. The second kappa shape index (κ2) is 7.01. The molecule has 3 rings (SSSR count). The monoisotopic (exact) mass is 341 g/mol. The van der Waals surface area contributed by atoms with Gasteiger partial charge in [-0.05, 0) is 44.9 Å². The average Bonchev–Trinajstić information content (AvgIpc) is 3.18. The predicted molar refractivity (Wildman–Crippen MR) is 94.8 cm³/mol. The van der Waals surface area contributed by atoms with Gasteiger partial charge in [-0.25, -0.2) is 9.59 Å². The van der Waals surface area contributed by atoms with Crippen molar-refractivity contribution in [3.8, 4) is 5.69 Å². The molecular formula is C19H23N3O3. The highest BCUT2D eigenvalue weighted by molar-refractivity contribution is 5.91. The zero-order valence-corrected chi connectivity index (χ0v) is 14.6. The molecule has 1 fully saturated rings. The van der Waals surface area contributed by atoms with Gasteiger partial charge in [-0.2, -0.15) is 0 Å². The van der Waals surface area contributed by atoms with Gasteiger partial charge in [0, 0.05) is 23.6 Å². The van der Waals surface area contributed by atoms with Crippen molar-refractivity contribution in [3.05, 3.63) is 53.3 Å². The second-order valence-corrected chi connectivity index (χ2v) is 6.38. The first-order chi connectivity index (χ1) is 12.0. The Labute approximate surface area is 147 Å². The number of hydrogen-bond donors (Lipinski definition) is 1. The molecule has 1 unspecified atom stereocenters. The van der Waals surface area contributed by atoms with Crippen LogP contribution in [-0.2, 0) is 4.74 Å². The van der Waals surface area contributed by atoms with Gasteiger partial charge < -0.3 is 19.9 Å². The number of benzene rings is 1. The Hall–Kier alpha value is -2.76. The Morgan fingerprint density at radius 2 is 1.96 bits per heavy atom. The minimum Gasteiger partial charge on any atom is -0.460 e. The Balaban J connectivity index is 1.74. The van der Waals surface area contributed by atoms with E-state index in [0.29, 0.717) is 12.1 Å². The summed E-state index contributed by atoms with van der Waals surface area (Å²) >= 11 is 0. The van der Waals surface area contributed by atoms with Crippen molar-refractivity contribution in [2.75, 3.05) is 13.2 Å². The fourth-order valence-electron chi connectivity index (χ4n) is 3.49. The van der Waals surface area contributed by atoms with Gasteiger partial charge in [-0.15, -0.1) is 0 Å². The highest BCUT2D eigenvalue weighted by Crippen LogP contribution is 2.22. The fourth-order valence-corrected chi connectivity index (χ4v) is 3.49. The standard InChI is InChI=1S/C19H23N3O3/c1-13-11-17(14(2)22(13)15-7-4-3-5-8-15)18(23)25-12-16-9-6-10-21(16)19(20)24/h3-5,7-8,11,16H,6,9-10,12H2,1-2H3,(H2,20,24). The average molecular weight is 341 g/mol. The topological polar surface area (TPSA) is 77.6 Å². The van der Waals surface area contributed by atoms with Crippen LogP contribution in [0, 0.1) is 13.8 Å². The van der Waals surface area contributed by atoms with E-state index in [0.717, 1.165) is 29.9 Å². The molecule has 1 saturated heterocycles. The molecule has 1 aromatic heterocycles. The number of primary amides is 1. The Morgan fingerprint density at radius 3 is 2.64 bits per heavy atom. The number of urea groups is 1. The van der Waals surface area contributed by atoms with E-state index < -0.39 is 6.03 Å². The number of carbonyl (C=O) groups excluding carboxylic acids is 2. The van der Waals surface area contributed by atoms with Gasteiger partial charge in [0.05, 0.1) is 11.6 Å². The van der Waals surface area contributed by atoms with Crippen LogP contribution < -0.4 is 5.73 Å². The van der Waals surface area contributed by atoms with Crippen LogP contribution in [0.3, 0.4) is 0 Å². The molecule has 0 spiro atoms. The van der Waals surface area contributed by atoms with Crippen molar-refractivity contribution in [3.63, 3.8) is 0 Å². The third kappa shape index (κ3) is 3.38. The number of aromatic nitrogens is 1. The van der Waals surface area contributed by atoms with E-state index in [1.54, 1.807) is 4.90 Å². The van der Waals surface area contributed by atoms with E-state index >= 15 is 0 Å². The van der Waals surface area contributed by atoms with Gasteiger partial charge in [0.1, 0.15) is 6.61 Å². The first kappa shape index (κ1) is 17.1. The van der Waals surface area contributed by atoms with Crippen LogP contribution in [0.5, 0.6) is 0 Å². The smallest absolute Gasteiger partial charge is 0.340 e. The lowest BCUT2D eigenvalue weighted by atomic mass is 10.2. The van der Waals surface area contributed by atoms with E-state index in [4.69, 9.17) is 10.5 Å². The Morgan fingerprint density at radius 1 is 1.24 bits per heavy atom. The van der Waals surface area contributed by atoms with Crippen LogP contribution >= 0.6 is 0 Å². The number of likely N-dealkylation sites (tertiary alicyclic amines) is 1. The summed E-state index contributed by atoms with van der Waals surface area (Å²) in [6.07, 6.45) is 1.69. The molecule has 2 heterocycles. The SMILES string of the molecule is Cc1cc(C(=O)OCC2CCCN2C(N)=O)c(C)n1-c1ccccc1. The molecule has 1 aromatic carbocycles. The summed E-state index contributed by atoms with van der Waals surface area (Å²) in [6.45, 7) is 4.67. The van der Waals surface area contributed by atoms with Gasteiger partial charge in [-0.1, -0.05) is 18.2 Å². The summed E-state index contributed by atoms with van der Waals surface area (Å²) < 4.78 is 7.51. The molecule has 0 saturated carbocycles. The second-order valence-electron chi connectivity index (χ2n) is 6.38. The molecule has 132 valence electrons. The molecule has 2 aromatic rings. The van der Waals surface area contributed by atoms with Crippen LogP contribution in [0.1, 0.15) is 34.6 Å². The predicted octanol–water partition coefficient (Wildman–Crippen LogP) is 2.79.